The lowest BCUT2D eigenvalue weighted by Gasteiger charge is -2.17. The Balaban J connectivity index is 1.65. The smallest absolute Gasteiger partial charge is 0.411 e. The maximum absolute atomic E-state index is 12.5. The van der Waals surface area contributed by atoms with Gasteiger partial charge in [0.1, 0.15) is 0 Å². The molecular weight excluding hydrogens is 322 g/mol. The summed E-state index contributed by atoms with van der Waals surface area (Å²) in [6.07, 6.45) is 1.82. The highest BCUT2D eigenvalue weighted by molar-refractivity contribution is 5.99. The van der Waals surface area contributed by atoms with Crippen molar-refractivity contribution in [3.63, 3.8) is 0 Å². The van der Waals surface area contributed by atoms with Crippen LogP contribution in [0.3, 0.4) is 0 Å². The Morgan fingerprint density at radius 1 is 1.24 bits per heavy atom. The third-order valence-corrected chi connectivity index (χ3v) is 4.62. The Kier molecular flexibility index (Phi) is 4.92. The third kappa shape index (κ3) is 3.92. The SMILES string of the molecule is CCOC(=O)Nc1cccc(NC(=O)[C@@H]2CC(=O)N(C3CC3)C2)c1C. The van der Waals surface area contributed by atoms with Crippen LogP contribution >= 0.6 is 0 Å². The van der Waals surface area contributed by atoms with E-state index in [1.54, 1.807) is 25.1 Å². The summed E-state index contributed by atoms with van der Waals surface area (Å²) in [7, 11) is 0. The predicted octanol–water partition coefficient (Wildman–Crippen LogP) is 2.51. The molecule has 1 aromatic carbocycles. The molecule has 2 fully saturated rings. The third-order valence-electron chi connectivity index (χ3n) is 4.62. The summed E-state index contributed by atoms with van der Waals surface area (Å²) >= 11 is 0. The van der Waals surface area contributed by atoms with E-state index in [1.807, 2.05) is 11.8 Å². The van der Waals surface area contributed by atoms with Gasteiger partial charge < -0.3 is 15.0 Å². The second-order valence-corrected chi connectivity index (χ2v) is 6.49. The summed E-state index contributed by atoms with van der Waals surface area (Å²) in [5.41, 5.74) is 1.95. The van der Waals surface area contributed by atoms with Crippen molar-refractivity contribution in [2.75, 3.05) is 23.8 Å². The molecule has 7 heteroatoms. The van der Waals surface area contributed by atoms with Crippen molar-refractivity contribution in [1.82, 2.24) is 4.90 Å². The molecule has 1 aliphatic carbocycles. The average Bonchev–Trinajstić information content (AvgIpc) is 3.33. The molecule has 1 aliphatic heterocycles. The number of amides is 3. The monoisotopic (exact) mass is 345 g/mol. The molecule has 1 heterocycles. The molecule has 0 spiro atoms. The standard InChI is InChI=1S/C18H23N3O4/c1-3-25-18(24)20-15-6-4-5-14(11(15)2)19-17(23)12-9-16(22)21(10-12)13-7-8-13/h4-6,12-13H,3,7-10H2,1-2H3,(H,19,23)(H,20,24)/t12-/m1/s1. The maximum Gasteiger partial charge on any atom is 0.411 e. The Bertz CT molecular complexity index is 700. The second-order valence-electron chi connectivity index (χ2n) is 6.49. The highest BCUT2D eigenvalue weighted by atomic mass is 16.5. The van der Waals surface area contributed by atoms with E-state index in [0.29, 0.717) is 24.0 Å². The Hall–Kier alpha value is -2.57. The fraction of sp³-hybridized carbons (Fsp3) is 0.500. The van der Waals surface area contributed by atoms with Crippen molar-refractivity contribution in [2.24, 2.45) is 5.92 Å². The number of hydrogen-bond acceptors (Lipinski definition) is 4. The highest BCUT2D eigenvalue weighted by Crippen LogP contribution is 2.33. The molecule has 3 amide bonds. The van der Waals surface area contributed by atoms with E-state index in [4.69, 9.17) is 4.74 Å². The van der Waals surface area contributed by atoms with Crippen LogP contribution in [0.2, 0.25) is 0 Å². The molecule has 0 aromatic heterocycles. The number of nitrogens with zero attached hydrogens (tertiary/aromatic N) is 1. The summed E-state index contributed by atoms with van der Waals surface area (Å²) in [5.74, 6) is -0.417. The fourth-order valence-electron chi connectivity index (χ4n) is 3.06. The number of anilines is 2. The van der Waals surface area contributed by atoms with Gasteiger partial charge in [0.15, 0.2) is 0 Å². The Morgan fingerprint density at radius 3 is 2.56 bits per heavy atom. The van der Waals surface area contributed by atoms with Crippen molar-refractivity contribution in [3.8, 4) is 0 Å². The number of nitrogens with one attached hydrogen (secondary N) is 2. The van der Waals surface area contributed by atoms with Crippen LogP contribution < -0.4 is 10.6 Å². The van der Waals surface area contributed by atoms with E-state index >= 15 is 0 Å². The normalized spacial score (nSPS) is 19.7. The molecule has 1 atom stereocenters. The molecule has 1 aromatic rings. The van der Waals surface area contributed by atoms with Gasteiger partial charge in [0, 0.05) is 30.4 Å². The van der Waals surface area contributed by atoms with Gasteiger partial charge in [-0.1, -0.05) is 6.07 Å². The molecule has 2 aliphatic rings. The number of likely N-dealkylation sites (tertiary alicyclic amines) is 1. The van der Waals surface area contributed by atoms with E-state index in [2.05, 4.69) is 10.6 Å². The van der Waals surface area contributed by atoms with Crippen LogP contribution in [0.1, 0.15) is 31.7 Å². The van der Waals surface area contributed by atoms with Gasteiger partial charge in [0.25, 0.3) is 0 Å². The summed E-state index contributed by atoms with van der Waals surface area (Å²) in [6, 6.07) is 5.61. The average molecular weight is 345 g/mol. The van der Waals surface area contributed by atoms with Gasteiger partial charge in [0.05, 0.1) is 12.5 Å². The number of carbonyl (C=O) groups excluding carboxylic acids is 3. The first-order valence-corrected chi connectivity index (χ1v) is 8.63. The van der Waals surface area contributed by atoms with Crippen molar-refractivity contribution >= 4 is 29.3 Å². The minimum absolute atomic E-state index is 0.0668. The molecule has 1 saturated carbocycles. The number of benzene rings is 1. The van der Waals surface area contributed by atoms with Gasteiger partial charge in [-0.05, 0) is 44.4 Å². The van der Waals surface area contributed by atoms with E-state index in [-0.39, 0.29) is 30.8 Å². The minimum Gasteiger partial charge on any atom is -0.450 e. The van der Waals surface area contributed by atoms with Crippen LogP contribution in [0.5, 0.6) is 0 Å². The molecule has 2 N–H and O–H groups in total. The minimum atomic E-state index is -0.532. The Morgan fingerprint density at radius 2 is 1.92 bits per heavy atom. The molecule has 134 valence electrons. The molecule has 7 nitrogen and oxygen atoms in total. The van der Waals surface area contributed by atoms with Gasteiger partial charge in [-0.3, -0.25) is 14.9 Å². The predicted molar refractivity (Wildman–Crippen MR) is 93.3 cm³/mol. The number of rotatable bonds is 5. The summed E-state index contributed by atoms with van der Waals surface area (Å²) < 4.78 is 4.87. The van der Waals surface area contributed by atoms with E-state index in [1.165, 1.54) is 0 Å². The molecule has 3 rings (SSSR count). The zero-order valence-electron chi connectivity index (χ0n) is 14.5. The molecule has 25 heavy (non-hydrogen) atoms. The van der Waals surface area contributed by atoms with Gasteiger partial charge in [-0.2, -0.15) is 0 Å². The highest BCUT2D eigenvalue weighted by Gasteiger charge is 2.41. The van der Waals surface area contributed by atoms with E-state index < -0.39 is 6.09 Å². The second kappa shape index (κ2) is 7.13. The zero-order valence-corrected chi connectivity index (χ0v) is 14.5. The fourth-order valence-corrected chi connectivity index (χ4v) is 3.06. The van der Waals surface area contributed by atoms with Crippen LogP contribution in [0, 0.1) is 12.8 Å². The zero-order chi connectivity index (χ0) is 18.0. The van der Waals surface area contributed by atoms with Gasteiger partial charge in [-0.25, -0.2) is 4.79 Å². The van der Waals surface area contributed by atoms with Gasteiger partial charge in [0.2, 0.25) is 11.8 Å². The van der Waals surface area contributed by atoms with Gasteiger partial charge >= 0.3 is 6.09 Å². The van der Waals surface area contributed by atoms with Crippen molar-refractivity contribution in [3.05, 3.63) is 23.8 Å². The maximum atomic E-state index is 12.5. The van der Waals surface area contributed by atoms with Crippen LogP contribution in [0.15, 0.2) is 18.2 Å². The van der Waals surface area contributed by atoms with Crippen LogP contribution in [0.4, 0.5) is 16.2 Å². The van der Waals surface area contributed by atoms with E-state index in [0.717, 1.165) is 18.4 Å². The molecule has 0 radical (unpaired) electrons. The van der Waals surface area contributed by atoms with Crippen LogP contribution in [-0.2, 0) is 14.3 Å². The summed E-state index contributed by atoms with van der Waals surface area (Å²) in [5, 5.41) is 5.55. The largest absolute Gasteiger partial charge is 0.450 e. The van der Waals surface area contributed by atoms with Crippen LogP contribution in [0.25, 0.3) is 0 Å². The molecule has 0 bridgehead atoms. The molecular formula is C18H23N3O4. The summed E-state index contributed by atoms with van der Waals surface area (Å²) in [6.45, 7) is 4.33. The Labute approximate surface area is 146 Å². The number of hydrogen-bond donors (Lipinski definition) is 2. The quantitative estimate of drug-likeness (QED) is 0.858. The van der Waals surface area contributed by atoms with Crippen LogP contribution in [-0.4, -0.2) is 42.0 Å². The first kappa shape index (κ1) is 17.3. The lowest BCUT2D eigenvalue weighted by Crippen LogP contribution is -2.30. The van der Waals surface area contributed by atoms with Crippen molar-refractivity contribution < 1.29 is 19.1 Å². The number of carbonyl (C=O) groups is 3. The van der Waals surface area contributed by atoms with Crippen molar-refractivity contribution in [1.29, 1.82) is 0 Å². The first-order chi connectivity index (χ1) is 12.0. The van der Waals surface area contributed by atoms with Gasteiger partial charge in [-0.15, -0.1) is 0 Å². The lowest BCUT2D eigenvalue weighted by molar-refractivity contribution is -0.128. The van der Waals surface area contributed by atoms with Crippen molar-refractivity contribution in [2.45, 2.75) is 39.2 Å². The van der Waals surface area contributed by atoms with E-state index in [9.17, 15) is 14.4 Å². The molecule has 1 saturated heterocycles. The first-order valence-electron chi connectivity index (χ1n) is 8.63. The topological polar surface area (TPSA) is 87.7 Å². The lowest BCUT2D eigenvalue weighted by atomic mass is 10.1. The number of ether oxygens (including phenoxy) is 1. The summed E-state index contributed by atoms with van der Waals surface area (Å²) in [4.78, 5) is 38.0. The molecule has 0 unspecified atom stereocenters.